The van der Waals surface area contributed by atoms with Gasteiger partial charge >= 0.3 is 0 Å². The van der Waals surface area contributed by atoms with Crippen molar-refractivity contribution < 1.29 is 4.74 Å². The molecule has 0 atom stereocenters. The van der Waals surface area contributed by atoms with Gasteiger partial charge < -0.3 is 10.1 Å². The monoisotopic (exact) mass is 201 g/mol. The Hall–Kier alpha value is -0.680. The molecule has 1 N–H and O–H groups in total. The summed E-state index contributed by atoms with van der Waals surface area (Å²) in [5.74, 6) is 0. The van der Waals surface area contributed by atoms with Crippen molar-refractivity contribution in [2.75, 3.05) is 19.0 Å². The van der Waals surface area contributed by atoms with Gasteiger partial charge in [-0.25, -0.2) is 0 Å². The van der Waals surface area contributed by atoms with Crippen molar-refractivity contribution in [1.29, 1.82) is 0 Å². The van der Waals surface area contributed by atoms with Crippen LogP contribution in [0.15, 0.2) is 5.51 Å². The second-order valence-electron chi connectivity index (χ2n) is 3.38. The predicted molar refractivity (Wildman–Crippen MR) is 54.1 cm³/mol. The summed E-state index contributed by atoms with van der Waals surface area (Å²) < 4.78 is 5.28. The highest BCUT2D eigenvalue weighted by molar-refractivity contribution is 7.13. The van der Waals surface area contributed by atoms with Crippen LogP contribution in [0.3, 0.4) is 0 Å². The number of anilines is 1. The maximum Gasteiger partial charge on any atom is 0.205 e. The smallest absolute Gasteiger partial charge is 0.205 e. The number of nitrogens with zero attached hydrogens (tertiary/aromatic N) is 2. The van der Waals surface area contributed by atoms with Crippen LogP contribution in [0.1, 0.15) is 20.3 Å². The van der Waals surface area contributed by atoms with Gasteiger partial charge in [-0.2, -0.15) is 0 Å². The number of hydrogen-bond donors (Lipinski definition) is 1. The van der Waals surface area contributed by atoms with Crippen molar-refractivity contribution >= 4 is 16.5 Å². The van der Waals surface area contributed by atoms with E-state index in [0.717, 1.165) is 18.1 Å². The SMILES string of the molecule is COC(C)(C)CCNc1nncs1. The second kappa shape index (κ2) is 4.53. The van der Waals surface area contributed by atoms with Gasteiger partial charge in [0.1, 0.15) is 5.51 Å². The van der Waals surface area contributed by atoms with Gasteiger partial charge in [-0.1, -0.05) is 11.3 Å². The average molecular weight is 201 g/mol. The minimum Gasteiger partial charge on any atom is -0.379 e. The van der Waals surface area contributed by atoms with Crippen LogP contribution in [-0.2, 0) is 4.74 Å². The van der Waals surface area contributed by atoms with Gasteiger partial charge in [0.05, 0.1) is 5.60 Å². The summed E-state index contributed by atoms with van der Waals surface area (Å²) in [6.07, 6.45) is 0.948. The Morgan fingerprint density at radius 1 is 1.62 bits per heavy atom. The first-order chi connectivity index (χ1) is 6.14. The van der Waals surface area contributed by atoms with E-state index >= 15 is 0 Å². The van der Waals surface area contributed by atoms with Gasteiger partial charge in [-0.05, 0) is 20.3 Å². The van der Waals surface area contributed by atoms with Crippen molar-refractivity contribution in [2.24, 2.45) is 0 Å². The van der Waals surface area contributed by atoms with Gasteiger partial charge in [0.25, 0.3) is 0 Å². The van der Waals surface area contributed by atoms with Gasteiger partial charge in [-0.3, -0.25) is 0 Å². The first-order valence-electron chi connectivity index (χ1n) is 4.19. The maximum atomic E-state index is 5.28. The number of rotatable bonds is 5. The van der Waals surface area contributed by atoms with Crippen molar-refractivity contribution in [3.05, 3.63) is 5.51 Å². The third-order valence-corrected chi connectivity index (χ3v) is 2.56. The number of methoxy groups -OCH3 is 1. The van der Waals surface area contributed by atoms with E-state index in [1.807, 2.05) is 0 Å². The Morgan fingerprint density at radius 3 is 2.92 bits per heavy atom. The van der Waals surface area contributed by atoms with E-state index in [9.17, 15) is 0 Å². The highest BCUT2D eigenvalue weighted by atomic mass is 32.1. The molecule has 0 aliphatic carbocycles. The molecule has 1 rings (SSSR count). The molecule has 1 heterocycles. The zero-order valence-electron chi connectivity index (χ0n) is 8.20. The fourth-order valence-corrected chi connectivity index (χ4v) is 1.30. The van der Waals surface area contributed by atoms with Gasteiger partial charge in [0.2, 0.25) is 5.13 Å². The van der Waals surface area contributed by atoms with Crippen LogP contribution in [0.2, 0.25) is 0 Å². The highest BCUT2D eigenvalue weighted by Gasteiger charge is 2.15. The number of ether oxygens (including phenoxy) is 1. The van der Waals surface area contributed by atoms with Crippen molar-refractivity contribution in [1.82, 2.24) is 10.2 Å². The third kappa shape index (κ3) is 3.69. The Morgan fingerprint density at radius 2 is 2.38 bits per heavy atom. The lowest BCUT2D eigenvalue weighted by Gasteiger charge is -2.22. The Labute approximate surface area is 82.3 Å². The normalized spacial score (nSPS) is 11.6. The summed E-state index contributed by atoms with van der Waals surface area (Å²) in [5, 5.41) is 11.7. The van der Waals surface area contributed by atoms with Crippen LogP contribution >= 0.6 is 11.3 Å². The number of hydrogen-bond acceptors (Lipinski definition) is 5. The lowest BCUT2D eigenvalue weighted by molar-refractivity contribution is 0.0185. The summed E-state index contributed by atoms with van der Waals surface area (Å²) in [6.45, 7) is 4.99. The lowest BCUT2D eigenvalue weighted by atomic mass is 10.1. The van der Waals surface area contributed by atoms with E-state index in [0.29, 0.717) is 0 Å². The molecule has 0 fully saturated rings. The molecule has 0 amide bonds. The molecule has 0 spiro atoms. The summed E-state index contributed by atoms with van der Waals surface area (Å²) in [5.41, 5.74) is 1.64. The zero-order chi connectivity index (χ0) is 9.73. The van der Waals surface area contributed by atoms with Gasteiger partial charge in [-0.15, -0.1) is 10.2 Å². The molecule has 74 valence electrons. The van der Waals surface area contributed by atoms with E-state index in [1.54, 1.807) is 12.6 Å². The highest BCUT2D eigenvalue weighted by Crippen LogP contribution is 2.14. The molecule has 0 aromatic carbocycles. The Kier molecular flexibility index (Phi) is 3.62. The molecule has 0 saturated heterocycles. The topological polar surface area (TPSA) is 47.0 Å². The fourth-order valence-electron chi connectivity index (χ4n) is 0.823. The molecule has 4 nitrogen and oxygen atoms in total. The van der Waals surface area contributed by atoms with E-state index in [4.69, 9.17) is 4.74 Å². The molecular weight excluding hydrogens is 186 g/mol. The van der Waals surface area contributed by atoms with Gasteiger partial charge in [0.15, 0.2) is 0 Å². The van der Waals surface area contributed by atoms with Crippen LogP contribution in [0.5, 0.6) is 0 Å². The molecule has 0 aliphatic rings. The van der Waals surface area contributed by atoms with Crippen LogP contribution in [0.4, 0.5) is 5.13 Å². The summed E-state index contributed by atoms with van der Waals surface area (Å²) in [7, 11) is 1.73. The average Bonchev–Trinajstić information content (AvgIpc) is 2.57. The third-order valence-electron chi connectivity index (χ3n) is 1.92. The summed E-state index contributed by atoms with van der Waals surface area (Å²) >= 11 is 1.51. The first-order valence-corrected chi connectivity index (χ1v) is 5.07. The fraction of sp³-hybridized carbons (Fsp3) is 0.750. The number of aromatic nitrogens is 2. The molecule has 0 aliphatic heterocycles. The largest absolute Gasteiger partial charge is 0.379 e. The standard InChI is InChI=1S/C8H15N3OS/c1-8(2,12-3)4-5-9-7-11-10-6-13-7/h6H,4-5H2,1-3H3,(H,9,11). The minimum atomic E-state index is -0.0717. The lowest BCUT2D eigenvalue weighted by Crippen LogP contribution is -2.25. The van der Waals surface area contributed by atoms with Gasteiger partial charge in [0, 0.05) is 13.7 Å². The summed E-state index contributed by atoms with van der Waals surface area (Å²) in [6, 6.07) is 0. The Balaban J connectivity index is 2.21. The predicted octanol–water partition coefficient (Wildman–Crippen LogP) is 1.77. The van der Waals surface area contributed by atoms with E-state index < -0.39 is 0 Å². The molecule has 0 unspecified atom stereocenters. The minimum absolute atomic E-state index is 0.0717. The van der Waals surface area contributed by atoms with Crippen LogP contribution in [0, 0.1) is 0 Å². The molecule has 0 radical (unpaired) electrons. The molecule has 5 heteroatoms. The number of nitrogens with one attached hydrogen (secondary N) is 1. The quantitative estimate of drug-likeness (QED) is 0.788. The van der Waals surface area contributed by atoms with E-state index in [2.05, 4.69) is 29.4 Å². The zero-order valence-corrected chi connectivity index (χ0v) is 9.02. The maximum absolute atomic E-state index is 5.28. The van der Waals surface area contributed by atoms with Crippen molar-refractivity contribution in [3.8, 4) is 0 Å². The molecular formula is C8H15N3OS. The van der Waals surface area contributed by atoms with Crippen LogP contribution < -0.4 is 5.32 Å². The first kappa shape index (κ1) is 10.4. The van der Waals surface area contributed by atoms with Crippen molar-refractivity contribution in [2.45, 2.75) is 25.9 Å². The van der Waals surface area contributed by atoms with E-state index in [-0.39, 0.29) is 5.60 Å². The second-order valence-corrected chi connectivity index (χ2v) is 4.22. The van der Waals surface area contributed by atoms with E-state index in [1.165, 1.54) is 11.3 Å². The summed E-state index contributed by atoms with van der Waals surface area (Å²) in [4.78, 5) is 0. The molecule has 1 aromatic heterocycles. The van der Waals surface area contributed by atoms with Crippen molar-refractivity contribution in [3.63, 3.8) is 0 Å². The molecule has 0 saturated carbocycles. The molecule has 1 aromatic rings. The van der Waals surface area contributed by atoms with Crippen LogP contribution in [-0.4, -0.2) is 29.5 Å². The molecule has 0 bridgehead atoms. The van der Waals surface area contributed by atoms with Crippen LogP contribution in [0.25, 0.3) is 0 Å². The molecule has 13 heavy (non-hydrogen) atoms. The Bertz CT molecular complexity index is 236.